The standard InChI is InChI=1S/C63H44N6/c1-41-17-8-9-26-51(41)63-66-61(65-62(67-63)48-37-50(40-64-39-48)69-56-30-12-10-27-53(56)54-28-11-13-31-57(54)69)47-23-15-22-46(36-47)52-29-16-32-59-60(52)55-38-45(33-34-58(55)68(59)49-24-6-3-7-25-49)44-21-14-20-43(35-44)42-18-4-2-5-19-42/h2-41,51H,1H3. The summed E-state index contributed by atoms with van der Waals surface area (Å²) < 4.78 is 4.67. The molecule has 0 saturated carbocycles. The summed E-state index contributed by atoms with van der Waals surface area (Å²) in [7, 11) is 0. The first-order valence-corrected chi connectivity index (χ1v) is 23.6. The van der Waals surface area contributed by atoms with Gasteiger partial charge < -0.3 is 9.13 Å². The molecule has 2 unspecified atom stereocenters. The highest BCUT2D eigenvalue weighted by molar-refractivity contribution is 6.17. The number of hydrogen-bond donors (Lipinski definition) is 0. The predicted molar refractivity (Wildman–Crippen MR) is 284 cm³/mol. The molecule has 0 N–H and O–H groups in total. The summed E-state index contributed by atoms with van der Waals surface area (Å²) in [5.41, 5.74) is 15.3. The molecule has 0 saturated heterocycles. The third-order valence-corrected chi connectivity index (χ3v) is 13.7. The highest BCUT2D eigenvalue weighted by atomic mass is 15.0. The summed E-state index contributed by atoms with van der Waals surface area (Å²) in [6.07, 6.45) is 12.4. The van der Waals surface area contributed by atoms with Crippen LogP contribution in [0.5, 0.6) is 0 Å². The van der Waals surface area contributed by atoms with E-state index in [-0.39, 0.29) is 11.8 Å². The van der Waals surface area contributed by atoms with E-state index in [1.54, 1.807) is 0 Å². The van der Waals surface area contributed by atoms with E-state index in [4.69, 9.17) is 19.9 Å². The molecule has 4 aromatic heterocycles. The number of nitrogens with zero attached hydrogens (tertiary/aromatic N) is 6. The molecule has 6 heteroatoms. The zero-order valence-electron chi connectivity index (χ0n) is 37.9. The Morgan fingerprint density at radius 1 is 0.377 bits per heavy atom. The van der Waals surface area contributed by atoms with E-state index in [9.17, 15) is 0 Å². The average Bonchev–Trinajstić information content (AvgIpc) is 3.94. The van der Waals surface area contributed by atoms with Crippen LogP contribution in [-0.4, -0.2) is 29.1 Å². The Balaban J connectivity index is 0.969. The van der Waals surface area contributed by atoms with Gasteiger partial charge in [0.15, 0.2) is 11.6 Å². The molecule has 2 atom stereocenters. The van der Waals surface area contributed by atoms with Crippen molar-refractivity contribution in [2.75, 3.05) is 0 Å². The van der Waals surface area contributed by atoms with Crippen LogP contribution in [0.2, 0.25) is 0 Å². The average molecular weight is 885 g/mol. The van der Waals surface area contributed by atoms with Crippen LogP contribution >= 0.6 is 0 Å². The van der Waals surface area contributed by atoms with Gasteiger partial charge in [0, 0.05) is 50.5 Å². The van der Waals surface area contributed by atoms with Crippen molar-refractivity contribution >= 4 is 43.6 Å². The molecule has 1 aliphatic carbocycles. The van der Waals surface area contributed by atoms with E-state index < -0.39 is 0 Å². The lowest BCUT2D eigenvalue weighted by atomic mass is 9.89. The largest absolute Gasteiger partial charge is 0.309 e. The Bertz CT molecular complexity index is 3940. The van der Waals surface area contributed by atoms with Crippen molar-refractivity contribution in [3.8, 4) is 67.5 Å². The van der Waals surface area contributed by atoms with Gasteiger partial charge in [-0.05, 0) is 100.0 Å². The van der Waals surface area contributed by atoms with E-state index in [0.717, 1.165) is 61.5 Å². The third kappa shape index (κ3) is 7.04. The molecule has 326 valence electrons. The summed E-state index contributed by atoms with van der Waals surface area (Å²) in [5, 5.41) is 4.77. The molecule has 0 amide bonds. The molecule has 13 rings (SSSR count). The predicted octanol–water partition coefficient (Wildman–Crippen LogP) is 15.6. The summed E-state index contributed by atoms with van der Waals surface area (Å²) in [6.45, 7) is 2.22. The number of fused-ring (bicyclic) bond motifs is 6. The fraction of sp³-hybridized carbons (Fsp3) is 0.0476. The lowest BCUT2D eigenvalue weighted by molar-refractivity contribution is 0.600. The second kappa shape index (κ2) is 16.7. The maximum absolute atomic E-state index is 5.29. The number of benzene rings is 8. The summed E-state index contributed by atoms with van der Waals surface area (Å²) in [4.78, 5) is 20.6. The molecule has 0 fully saturated rings. The van der Waals surface area contributed by atoms with Gasteiger partial charge in [-0.2, -0.15) is 0 Å². The molecule has 69 heavy (non-hydrogen) atoms. The van der Waals surface area contributed by atoms with Crippen molar-refractivity contribution in [2.24, 2.45) is 5.92 Å². The summed E-state index contributed by atoms with van der Waals surface area (Å²) in [6, 6.07) is 71.6. The molecular formula is C63H44N6. The van der Waals surface area contributed by atoms with Crippen LogP contribution in [0.15, 0.2) is 237 Å². The van der Waals surface area contributed by atoms with Crippen molar-refractivity contribution in [2.45, 2.75) is 12.8 Å². The summed E-state index contributed by atoms with van der Waals surface area (Å²) >= 11 is 0. The molecule has 12 aromatic rings. The number of aromatic nitrogens is 6. The second-order valence-corrected chi connectivity index (χ2v) is 17.9. The third-order valence-electron chi connectivity index (χ3n) is 13.7. The van der Waals surface area contributed by atoms with E-state index in [0.29, 0.717) is 11.6 Å². The van der Waals surface area contributed by atoms with Gasteiger partial charge in [0.1, 0.15) is 5.82 Å². The van der Waals surface area contributed by atoms with Crippen LogP contribution in [0.4, 0.5) is 0 Å². The van der Waals surface area contributed by atoms with E-state index in [2.05, 4.69) is 241 Å². The number of para-hydroxylation sites is 3. The Kier molecular flexibility index (Phi) is 9.75. The van der Waals surface area contributed by atoms with E-state index in [1.807, 2.05) is 12.4 Å². The van der Waals surface area contributed by atoms with Crippen molar-refractivity contribution in [1.29, 1.82) is 0 Å². The number of hydrogen-bond acceptors (Lipinski definition) is 4. The van der Waals surface area contributed by atoms with Crippen LogP contribution in [0.1, 0.15) is 18.7 Å². The Morgan fingerprint density at radius 2 is 0.942 bits per heavy atom. The molecule has 1 aliphatic rings. The van der Waals surface area contributed by atoms with E-state index >= 15 is 0 Å². The normalized spacial score (nSPS) is 14.6. The van der Waals surface area contributed by atoms with Crippen molar-refractivity contribution in [1.82, 2.24) is 29.1 Å². The molecule has 0 aliphatic heterocycles. The van der Waals surface area contributed by atoms with Gasteiger partial charge in [0.25, 0.3) is 0 Å². The Hall–Kier alpha value is -9.00. The summed E-state index contributed by atoms with van der Waals surface area (Å²) in [5.74, 6) is 2.12. The second-order valence-electron chi connectivity index (χ2n) is 17.9. The number of pyridine rings is 1. The first-order valence-electron chi connectivity index (χ1n) is 23.6. The molecular weight excluding hydrogens is 841 g/mol. The number of allylic oxidation sites excluding steroid dienone is 4. The van der Waals surface area contributed by atoms with Gasteiger partial charge in [0.2, 0.25) is 0 Å². The first-order chi connectivity index (χ1) is 34.1. The zero-order valence-corrected chi connectivity index (χ0v) is 37.9. The molecule has 0 bridgehead atoms. The van der Waals surface area contributed by atoms with Crippen molar-refractivity contribution in [3.05, 3.63) is 243 Å². The Labute approximate surface area is 399 Å². The fourth-order valence-electron chi connectivity index (χ4n) is 10.4. The molecule has 6 nitrogen and oxygen atoms in total. The minimum Gasteiger partial charge on any atom is -0.309 e. The number of rotatable bonds is 8. The molecule has 8 aromatic carbocycles. The first kappa shape index (κ1) is 40.3. The van der Waals surface area contributed by atoms with Gasteiger partial charge in [0.05, 0.1) is 34.0 Å². The van der Waals surface area contributed by atoms with Gasteiger partial charge in [-0.25, -0.2) is 15.0 Å². The molecule has 4 heterocycles. The van der Waals surface area contributed by atoms with Gasteiger partial charge in [-0.15, -0.1) is 0 Å². The van der Waals surface area contributed by atoms with Crippen LogP contribution in [-0.2, 0) is 0 Å². The SMILES string of the molecule is CC1C=CC=CC1c1nc(-c2cccc(-c3cccc4c3c3cc(-c5cccc(-c6ccccc6)c5)ccc3n4-c3ccccc3)c2)nc(-c2cncc(-n3c4ccccc4c4ccccc43)c2)n1. The smallest absolute Gasteiger partial charge is 0.165 e. The van der Waals surface area contributed by atoms with Crippen molar-refractivity contribution < 1.29 is 0 Å². The molecule has 0 radical (unpaired) electrons. The zero-order chi connectivity index (χ0) is 45.8. The van der Waals surface area contributed by atoms with Gasteiger partial charge in [-0.1, -0.05) is 171 Å². The lowest BCUT2D eigenvalue weighted by Crippen LogP contribution is -2.13. The van der Waals surface area contributed by atoms with Crippen LogP contribution in [0, 0.1) is 5.92 Å². The van der Waals surface area contributed by atoms with Crippen molar-refractivity contribution in [3.63, 3.8) is 0 Å². The van der Waals surface area contributed by atoms with Gasteiger partial charge >= 0.3 is 0 Å². The highest BCUT2D eigenvalue weighted by Gasteiger charge is 2.24. The lowest BCUT2D eigenvalue weighted by Gasteiger charge is -2.20. The minimum absolute atomic E-state index is 0.0207. The van der Waals surface area contributed by atoms with E-state index in [1.165, 1.54) is 43.8 Å². The van der Waals surface area contributed by atoms with Crippen LogP contribution < -0.4 is 0 Å². The molecule has 0 spiro atoms. The topological polar surface area (TPSA) is 61.4 Å². The maximum atomic E-state index is 5.29. The highest BCUT2D eigenvalue weighted by Crippen LogP contribution is 2.42. The quantitative estimate of drug-likeness (QED) is 0.152. The Morgan fingerprint density at radius 3 is 1.71 bits per heavy atom. The van der Waals surface area contributed by atoms with Gasteiger partial charge in [-0.3, -0.25) is 4.98 Å². The maximum Gasteiger partial charge on any atom is 0.165 e. The monoisotopic (exact) mass is 884 g/mol. The van der Waals surface area contributed by atoms with Crippen LogP contribution in [0.3, 0.4) is 0 Å². The van der Waals surface area contributed by atoms with Crippen LogP contribution in [0.25, 0.3) is 111 Å². The minimum atomic E-state index is -0.0207. The fourth-order valence-corrected chi connectivity index (χ4v) is 10.4.